The molecule has 3 aliphatic heterocycles. The van der Waals surface area contributed by atoms with Crippen LogP contribution in [0.4, 0.5) is 0 Å². The Labute approximate surface area is 359 Å². The molecule has 0 unspecified atom stereocenters. The van der Waals surface area contributed by atoms with Crippen LogP contribution in [0.3, 0.4) is 0 Å². The number of nitrogens with zero attached hydrogens (tertiary/aromatic N) is 4. The Morgan fingerprint density at radius 3 is 2.40 bits per heavy atom. The highest BCUT2D eigenvalue weighted by Gasteiger charge is 2.33. The molecule has 0 aliphatic carbocycles. The average Bonchev–Trinajstić information content (AvgIpc) is 3.47. The Morgan fingerprint density at radius 2 is 1.74 bits per heavy atom. The number of carbonyl (C=O) groups excluding carboxylic acids is 1. The lowest BCUT2D eigenvalue weighted by Gasteiger charge is -2.35. The quantitative estimate of drug-likeness (QED) is 0.0694. The lowest BCUT2D eigenvalue weighted by atomic mass is 9.95. The van der Waals surface area contributed by atoms with E-state index >= 15 is 0 Å². The van der Waals surface area contributed by atoms with Crippen LogP contribution in [0.25, 0.3) is 21.3 Å². The third-order valence-electron chi connectivity index (χ3n) is 9.90. The number of hydrogen-bond acceptors (Lipinski definition) is 12. The van der Waals surface area contributed by atoms with Gasteiger partial charge in [-0.3, -0.25) is 4.90 Å². The number of carbonyl (C=O) groups is 1. The van der Waals surface area contributed by atoms with Gasteiger partial charge in [-0.2, -0.15) is 0 Å². The topological polar surface area (TPSA) is 105 Å². The van der Waals surface area contributed by atoms with Crippen molar-refractivity contribution in [1.82, 2.24) is 19.8 Å². The standard InChI is InChI=1S/C41H53BrCl2N4O7SSi/c1-24-31-25(2)35(44)36(34(24)43)53-28(20-48-14-12-47(6)13-15-48)21-51-27-10-11-29(52-23-50-16-17-57(7,8)9)26(18-27)19-30(40(49)55-41(3,4)5)54-38-33-32(31)37(42)56-39(33)46-22-45-38/h10-11,18,22,28,30H,12-17,19-21,23H2,1-9H3/t28-,30-/m1/s1. The maximum atomic E-state index is 14.1. The molecule has 11 nitrogen and oxygen atoms in total. The highest BCUT2D eigenvalue weighted by atomic mass is 79.9. The number of piperazine rings is 1. The monoisotopic (exact) mass is 922 g/mol. The number of esters is 1. The predicted octanol–water partition coefficient (Wildman–Crippen LogP) is 9.45. The number of hydrogen-bond donors (Lipinski definition) is 0. The zero-order valence-corrected chi connectivity index (χ0v) is 39.1. The Hall–Kier alpha value is -2.69. The third-order valence-corrected chi connectivity index (χ3v) is 14.3. The van der Waals surface area contributed by atoms with Crippen molar-refractivity contribution in [2.45, 2.75) is 84.5 Å². The van der Waals surface area contributed by atoms with Crippen molar-refractivity contribution >= 4 is 74.7 Å². The number of ether oxygens (including phenoxy) is 6. The minimum absolute atomic E-state index is 0.0485. The van der Waals surface area contributed by atoms with Gasteiger partial charge in [0.2, 0.25) is 12.0 Å². The molecule has 0 saturated carbocycles. The number of halogens is 3. The van der Waals surface area contributed by atoms with Gasteiger partial charge in [-0.05, 0) is 98.5 Å². The van der Waals surface area contributed by atoms with Crippen LogP contribution in [0, 0.1) is 13.8 Å². The summed E-state index contributed by atoms with van der Waals surface area (Å²) in [5.41, 5.74) is 2.94. The van der Waals surface area contributed by atoms with E-state index < -0.39 is 31.9 Å². The van der Waals surface area contributed by atoms with Crippen LogP contribution in [-0.2, 0) is 20.7 Å². The number of likely N-dealkylation sites (N-methyl/N-ethyl adjacent to an activating group) is 1. The lowest BCUT2D eigenvalue weighted by Crippen LogP contribution is -2.49. The third kappa shape index (κ3) is 10.9. The molecule has 5 heterocycles. The van der Waals surface area contributed by atoms with Crippen molar-refractivity contribution in [3.05, 3.63) is 55.0 Å². The molecule has 2 aromatic heterocycles. The van der Waals surface area contributed by atoms with Gasteiger partial charge in [-0.25, -0.2) is 14.8 Å². The summed E-state index contributed by atoms with van der Waals surface area (Å²) in [5.74, 6) is 1.14. The van der Waals surface area contributed by atoms with E-state index in [9.17, 15) is 4.79 Å². The summed E-state index contributed by atoms with van der Waals surface area (Å²) in [6.07, 6.45) is -0.0700. The predicted molar refractivity (Wildman–Crippen MR) is 234 cm³/mol. The molecule has 0 N–H and O–H groups in total. The van der Waals surface area contributed by atoms with Crippen molar-refractivity contribution < 1.29 is 33.2 Å². The summed E-state index contributed by atoms with van der Waals surface area (Å²) in [6, 6.07) is 6.55. The van der Waals surface area contributed by atoms with E-state index in [1.165, 1.54) is 17.7 Å². The van der Waals surface area contributed by atoms with E-state index in [-0.39, 0.29) is 25.7 Å². The molecule has 1 fully saturated rings. The first-order valence-corrected chi connectivity index (χ1v) is 25.3. The van der Waals surface area contributed by atoms with Crippen molar-refractivity contribution in [2.75, 3.05) is 59.8 Å². The Kier molecular flexibility index (Phi) is 14.1. The molecule has 0 radical (unpaired) electrons. The normalized spacial score (nSPS) is 18.5. The van der Waals surface area contributed by atoms with Gasteiger partial charge in [0.25, 0.3) is 0 Å². The van der Waals surface area contributed by atoms with Gasteiger partial charge in [0.1, 0.15) is 41.0 Å². The van der Waals surface area contributed by atoms with Gasteiger partial charge in [-0.1, -0.05) is 42.8 Å². The molecule has 16 heteroatoms. The first-order chi connectivity index (χ1) is 26.9. The fourth-order valence-corrected chi connectivity index (χ4v) is 9.77. The van der Waals surface area contributed by atoms with Crippen LogP contribution >= 0.6 is 50.5 Å². The number of fused-ring (bicyclic) bond motifs is 7. The zero-order chi connectivity index (χ0) is 41.2. The van der Waals surface area contributed by atoms with Gasteiger partial charge >= 0.3 is 5.97 Å². The summed E-state index contributed by atoms with van der Waals surface area (Å²) in [5, 5.41) is 1.39. The first kappa shape index (κ1) is 43.9. The van der Waals surface area contributed by atoms with Crippen LogP contribution in [0.15, 0.2) is 28.3 Å². The van der Waals surface area contributed by atoms with Crippen molar-refractivity contribution in [3.8, 4) is 34.3 Å². The molecular weight excluding hydrogens is 871 g/mol. The molecule has 4 bridgehead atoms. The van der Waals surface area contributed by atoms with E-state index in [4.69, 9.17) is 51.6 Å². The number of benzene rings is 2. The van der Waals surface area contributed by atoms with Crippen LogP contribution in [0.5, 0.6) is 23.1 Å². The Balaban J connectivity index is 1.49. The van der Waals surface area contributed by atoms with E-state index in [0.717, 1.165) is 58.3 Å². The van der Waals surface area contributed by atoms with E-state index in [2.05, 4.69) is 62.4 Å². The van der Waals surface area contributed by atoms with E-state index in [0.29, 0.717) is 56.2 Å². The molecule has 310 valence electrons. The summed E-state index contributed by atoms with van der Waals surface area (Å²) in [6.45, 7) is 21.4. The number of aromatic nitrogens is 2. The molecule has 1 saturated heterocycles. The van der Waals surface area contributed by atoms with Crippen LogP contribution in [-0.4, -0.2) is 111 Å². The fourth-order valence-electron chi connectivity index (χ4n) is 6.77. The van der Waals surface area contributed by atoms with E-state index in [1.54, 1.807) is 0 Å². The molecular formula is C41H53BrCl2N4O7SSi. The van der Waals surface area contributed by atoms with Gasteiger partial charge < -0.3 is 33.3 Å². The van der Waals surface area contributed by atoms with Gasteiger partial charge in [0.05, 0.1) is 19.2 Å². The molecule has 2 aromatic carbocycles. The highest BCUT2D eigenvalue weighted by Crippen LogP contribution is 2.52. The minimum Gasteiger partial charge on any atom is -0.490 e. The second-order valence-electron chi connectivity index (χ2n) is 16.9. The largest absolute Gasteiger partial charge is 0.490 e. The Morgan fingerprint density at radius 1 is 1.04 bits per heavy atom. The van der Waals surface area contributed by atoms with Crippen molar-refractivity contribution in [3.63, 3.8) is 0 Å². The SMILES string of the molecule is Cc1c(Cl)c2c(Cl)c(C)c1-c1c(Br)sc3ncnc(c13)O[C@@H](C(=O)OC(C)(C)C)Cc1cc(ccc1OCOCC[Si](C)(C)C)OC[C@@H](CN1CCN(C)CC1)O2. The molecule has 4 aromatic rings. The number of rotatable bonds is 9. The fraction of sp³-hybridized carbons (Fsp3) is 0.537. The summed E-state index contributed by atoms with van der Waals surface area (Å²) in [4.78, 5) is 28.7. The first-order valence-electron chi connectivity index (χ1n) is 19.2. The number of thiophene rings is 1. The summed E-state index contributed by atoms with van der Waals surface area (Å²) >= 11 is 19.7. The van der Waals surface area contributed by atoms with Gasteiger partial charge in [-0.15, -0.1) is 11.3 Å². The maximum Gasteiger partial charge on any atom is 0.348 e. The second-order valence-corrected chi connectivity index (χ2v) is 25.6. The minimum atomic E-state index is -1.30. The molecule has 0 amide bonds. The summed E-state index contributed by atoms with van der Waals surface area (Å²) in [7, 11) is 0.834. The lowest BCUT2D eigenvalue weighted by molar-refractivity contribution is -0.163. The van der Waals surface area contributed by atoms with Gasteiger partial charge in [0, 0.05) is 65.0 Å². The van der Waals surface area contributed by atoms with Crippen LogP contribution in [0.2, 0.25) is 35.7 Å². The zero-order valence-electron chi connectivity index (χ0n) is 34.2. The van der Waals surface area contributed by atoms with Crippen molar-refractivity contribution in [2.24, 2.45) is 0 Å². The smallest absolute Gasteiger partial charge is 0.348 e. The molecule has 57 heavy (non-hydrogen) atoms. The molecule has 0 spiro atoms. The van der Waals surface area contributed by atoms with Gasteiger partial charge in [0.15, 0.2) is 12.5 Å². The van der Waals surface area contributed by atoms with Crippen molar-refractivity contribution in [1.29, 1.82) is 0 Å². The highest BCUT2D eigenvalue weighted by molar-refractivity contribution is 9.11. The summed E-state index contributed by atoms with van der Waals surface area (Å²) < 4.78 is 38.9. The average molecular weight is 925 g/mol. The van der Waals surface area contributed by atoms with E-state index in [1.807, 2.05) is 52.8 Å². The molecule has 2 atom stereocenters. The van der Waals surface area contributed by atoms with Crippen LogP contribution < -0.4 is 18.9 Å². The maximum absolute atomic E-state index is 14.1. The van der Waals surface area contributed by atoms with Crippen LogP contribution in [0.1, 0.15) is 37.5 Å². The molecule has 3 aliphatic rings. The second kappa shape index (κ2) is 18.3. The Bertz CT molecular complexity index is 2060. The molecule has 7 rings (SSSR count).